The number of rotatable bonds is 6. The molecule has 0 aliphatic heterocycles. The lowest BCUT2D eigenvalue weighted by molar-refractivity contribution is 0.0954. The molecule has 9 heteroatoms. The number of benzene rings is 2. The molecular weight excluding hydrogens is 505 g/mol. The minimum Gasteiger partial charge on any atom is -0.355 e. The smallest absolute Gasteiger partial charge is 0.251 e. The Hall–Kier alpha value is -1.58. The van der Waals surface area contributed by atoms with Crippen molar-refractivity contribution in [3.05, 3.63) is 69.5 Å². The third-order valence-corrected chi connectivity index (χ3v) is 4.25. The molecule has 146 valence electrons. The summed E-state index contributed by atoms with van der Waals surface area (Å²) in [5.41, 5.74) is 0.977. The summed E-state index contributed by atoms with van der Waals surface area (Å²) in [6.45, 7) is 1.13. The van der Waals surface area contributed by atoms with E-state index >= 15 is 0 Å². The van der Waals surface area contributed by atoms with Crippen molar-refractivity contribution in [1.29, 1.82) is 0 Å². The van der Waals surface area contributed by atoms with Gasteiger partial charge in [-0.15, -0.1) is 24.0 Å². The molecule has 0 aliphatic carbocycles. The zero-order chi connectivity index (χ0) is 18.9. The standard InChI is InChI=1S/C18H19Cl2FN4O.HI/c1-22-18(25-11-13-4-2-3-5-16(13)21)24-9-8-23-17(26)12-6-7-14(19)15(20)10-12;/h2-7,10H,8-9,11H2,1H3,(H,23,26)(H2,22,24,25);1H. The molecule has 2 rings (SSSR count). The molecule has 5 nitrogen and oxygen atoms in total. The van der Waals surface area contributed by atoms with Gasteiger partial charge in [0.15, 0.2) is 5.96 Å². The number of carbonyl (C=O) groups excluding carboxylic acids is 1. The second-order valence-electron chi connectivity index (χ2n) is 5.33. The molecule has 0 heterocycles. The van der Waals surface area contributed by atoms with E-state index in [1.54, 1.807) is 37.4 Å². The third kappa shape index (κ3) is 7.51. The largest absolute Gasteiger partial charge is 0.355 e. The van der Waals surface area contributed by atoms with Crippen molar-refractivity contribution in [3.8, 4) is 0 Å². The predicted octanol–water partition coefficient (Wildman–Crippen LogP) is 3.85. The van der Waals surface area contributed by atoms with E-state index < -0.39 is 0 Å². The number of hydrogen-bond donors (Lipinski definition) is 3. The number of hydrogen-bond acceptors (Lipinski definition) is 2. The maximum atomic E-state index is 13.6. The molecule has 0 aromatic heterocycles. The molecule has 2 aromatic rings. The van der Waals surface area contributed by atoms with Crippen LogP contribution in [0.3, 0.4) is 0 Å². The maximum absolute atomic E-state index is 13.6. The molecule has 0 spiro atoms. The normalized spacial score (nSPS) is 10.7. The fourth-order valence-corrected chi connectivity index (χ4v) is 2.44. The van der Waals surface area contributed by atoms with Crippen LogP contribution >= 0.6 is 47.2 Å². The Morgan fingerprint density at radius 1 is 1.04 bits per heavy atom. The highest BCUT2D eigenvalue weighted by Gasteiger charge is 2.08. The van der Waals surface area contributed by atoms with Crippen LogP contribution in [0.2, 0.25) is 10.0 Å². The molecule has 27 heavy (non-hydrogen) atoms. The van der Waals surface area contributed by atoms with E-state index in [1.807, 2.05) is 0 Å². The Kier molecular flexibility index (Phi) is 10.4. The molecule has 0 saturated heterocycles. The zero-order valence-corrected chi connectivity index (χ0v) is 18.4. The van der Waals surface area contributed by atoms with Crippen LogP contribution < -0.4 is 16.0 Å². The van der Waals surface area contributed by atoms with Gasteiger partial charge in [-0.2, -0.15) is 0 Å². The first-order chi connectivity index (χ1) is 12.5. The van der Waals surface area contributed by atoms with Crippen LogP contribution in [0.5, 0.6) is 0 Å². The van der Waals surface area contributed by atoms with Gasteiger partial charge in [0, 0.05) is 37.8 Å². The van der Waals surface area contributed by atoms with E-state index in [9.17, 15) is 9.18 Å². The first-order valence-corrected chi connectivity index (χ1v) is 8.68. The van der Waals surface area contributed by atoms with Gasteiger partial charge in [0.05, 0.1) is 10.0 Å². The first kappa shape index (κ1) is 23.5. The molecule has 0 bridgehead atoms. The molecule has 0 atom stereocenters. The molecule has 0 fully saturated rings. The van der Waals surface area contributed by atoms with Crippen LogP contribution in [0.4, 0.5) is 4.39 Å². The first-order valence-electron chi connectivity index (χ1n) is 7.92. The average Bonchev–Trinajstić information content (AvgIpc) is 2.64. The fourth-order valence-electron chi connectivity index (χ4n) is 2.14. The number of carbonyl (C=O) groups is 1. The number of amides is 1. The quantitative estimate of drug-likeness (QED) is 0.233. The Morgan fingerprint density at radius 3 is 2.41 bits per heavy atom. The summed E-state index contributed by atoms with van der Waals surface area (Å²) in [6.07, 6.45) is 0. The van der Waals surface area contributed by atoms with Gasteiger partial charge in [0.1, 0.15) is 5.82 Å². The van der Waals surface area contributed by atoms with Gasteiger partial charge in [-0.1, -0.05) is 41.4 Å². The van der Waals surface area contributed by atoms with E-state index in [4.69, 9.17) is 23.2 Å². The number of nitrogens with zero attached hydrogens (tertiary/aromatic N) is 1. The zero-order valence-electron chi connectivity index (χ0n) is 14.6. The average molecular weight is 525 g/mol. The molecule has 2 aromatic carbocycles. The van der Waals surface area contributed by atoms with Gasteiger partial charge < -0.3 is 16.0 Å². The van der Waals surface area contributed by atoms with Gasteiger partial charge in [-0.25, -0.2) is 4.39 Å². The van der Waals surface area contributed by atoms with E-state index in [2.05, 4.69) is 20.9 Å². The lowest BCUT2D eigenvalue weighted by Gasteiger charge is -2.13. The molecule has 3 N–H and O–H groups in total. The molecular formula is C18H20Cl2FIN4O. The minimum atomic E-state index is -0.274. The van der Waals surface area contributed by atoms with E-state index in [0.717, 1.165) is 0 Å². The van der Waals surface area contributed by atoms with Crippen LogP contribution in [0.15, 0.2) is 47.5 Å². The van der Waals surface area contributed by atoms with Crippen molar-refractivity contribution in [1.82, 2.24) is 16.0 Å². The second-order valence-corrected chi connectivity index (χ2v) is 6.14. The van der Waals surface area contributed by atoms with Gasteiger partial charge in [0.25, 0.3) is 5.91 Å². The monoisotopic (exact) mass is 524 g/mol. The van der Waals surface area contributed by atoms with Crippen molar-refractivity contribution >= 4 is 59.0 Å². The van der Waals surface area contributed by atoms with Crippen LogP contribution in [0.1, 0.15) is 15.9 Å². The fraction of sp³-hybridized carbons (Fsp3) is 0.222. The van der Waals surface area contributed by atoms with Crippen molar-refractivity contribution in [2.45, 2.75) is 6.54 Å². The minimum absolute atomic E-state index is 0. The lowest BCUT2D eigenvalue weighted by atomic mass is 10.2. The molecule has 0 aliphatic rings. The highest BCUT2D eigenvalue weighted by molar-refractivity contribution is 14.0. The summed E-state index contributed by atoms with van der Waals surface area (Å²) >= 11 is 11.7. The summed E-state index contributed by atoms with van der Waals surface area (Å²) in [4.78, 5) is 16.1. The summed E-state index contributed by atoms with van der Waals surface area (Å²) in [5, 5.41) is 9.54. The van der Waals surface area contributed by atoms with Gasteiger partial charge in [0.2, 0.25) is 0 Å². The highest BCUT2D eigenvalue weighted by Crippen LogP contribution is 2.22. The van der Waals surface area contributed by atoms with Crippen LogP contribution in [0.25, 0.3) is 0 Å². The number of aliphatic imine (C=N–C) groups is 1. The summed E-state index contributed by atoms with van der Waals surface area (Å²) < 4.78 is 13.6. The summed E-state index contributed by atoms with van der Waals surface area (Å²) in [5.74, 6) is -0.0129. The second kappa shape index (κ2) is 12.0. The number of guanidine groups is 1. The molecule has 1 amide bonds. The molecule has 0 saturated carbocycles. The SMILES string of the molecule is CN=C(NCCNC(=O)c1ccc(Cl)c(Cl)c1)NCc1ccccc1F.I. The van der Waals surface area contributed by atoms with Crippen LogP contribution in [-0.2, 0) is 6.54 Å². The molecule has 0 unspecified atom stereocenters. The van der Waals surface area contributed by atoms with Gasteiger partial charge in [-0.05, 0) is 24.3 Å². The van der Waals surface area contributed by atoms with Crippen molar-refractivity contribution < 1.29 is 9.18 Å². The topological polar surface area (TPSA) is 65.5 Å². The highest BCUT2D eigenvalue weighted by atomic mass is 127. The maximum Gasteiger partial charge on any atom is 0.251 e. The van der Waals surface area contributed by atoms with Crippen molar-refractivity contribution in [3.63, 3.8) is 0 Å². The van der Waals surface area contributed by atoms with Crippen LogP contribution in [-0.4, -0.2) is 32.0 Å². The lowest BCUT2D eigenvalue weighted by Crippen LogP contribution is -2.41. The third-order valence-electron chi connectivity index (χ3n) is 3.51. The Balaban J connectivity index is 0.00000364. The number of nitrogens with one attached hydrogen (secondary N) is 3. The number of halogens is 4. The predicted molar refractivity (Wildman–Crippen MR) is 119 cm³/mol. The molecule has 0 radical (unpaired) electrons. The van der Waals surface area contributed by atoms with Crippen molar-refractivity contribution in [2.75, 3.05) is 20.1 Å². The Morgan fingerprint density at radius 2 is 1.74 bits per heavy atom. The summed E-state index contributed by atoms with van der Waals surface area (Å²) in [7, 11) is 1.62. The van der Waals surface area contributed by atoms with Gasteiger partial charge >= 0.3 is 0 Å². The summed E-state index contributed by atoms with van der Waals surface area (Å²) in [6, 6.07) is 11.2. The Bertz CT molecular complexity index is 805. The van der Waals surface area contributed by atoms with E-state index in [-0.39, 0.29) is 35.7 Å². The Labute approximate surface area is 184 Å². The van der Waals surface area contributed by atoms with Gasteiger partial charge in [-0.3, -0.25) is 9.79 Å². The van der Waals surface area contributed by atoms with Crippen LogP contribution in [0, 0.1) is 5.82 Å². The van der Waals surface area contributed by atoms with E-state index in [0.29, 0.717) is 46.8 Å². The van der Waals surface area contributed by atoms with Crippen molar-refractivity contribution in [2.24, 2.45) is 4.99 Å². The van der Waals surface area contributed by atoms with E-state index in [1.165, 1.54) is 12.1 Å².